The number of carbonyl (C=O) groups excluding carboxylic acids is 2. The van der Waals surface area contributed by atoms with Gasteiger partial charge in [0.1, 0.15) is 5.69 Å². The minimum atomic E-state index is -0.960. The van der Waals surface area contributed by atoms with Gasteiger partial charge in [0.15, 0.2) is 5.13 Å². The Kier molecular flexibility index (Phi) is 6.60. The van der Waals surface area contributed by atoms with E-state index in [0.717, 1.165) is 11.3 Å². The molecule has 0 radical (unpaired) electrons. The van der Waals surface area contributed by atoms with Crippen molar-refractivity contribution < 1.29 is 24.4 Å². The Bertz CT molecular complexity index is 942. The van der Waals surface area contributed by atoms with Crippen LogP contribution in [0.2, 0.25) is 0 Å². The highest BCUT2D eigenvalue weighted by Gasteiger charge is 2.20. The highest BCUT2D eigenvalue weighted by atomic mass is 32.1. The normalized spacial score (nSPS) is 10.2. The maximum absolute atomic E-state index is 12.6. The lowest BCUT2D eigenvalue weighted by Gasteiger charge is -2.12. The smallest absolute Gasteiger partial charge is 0.348 e. The Labute approximate surface area is 162 Å². The Balaban J connectivity index is 2.23. The van der Waals surface area contributed by atoms with Gasteiger partial charge < -0.3 is 15.7 Å². The van der Waals surface area contributed by atoms with Gasteiger partial charge in [-0.25, -0.2) is 4.98 Å². The predicted octanol–water partition coefficient (Wildman–Crippen LogP) is 2.46. The summed E-state index contributed by atoms with van der Waals surface area (Å²) in [6.45, 7) is 2.91. The molecule has 2 amide bonds. The quantitative estimate of drug-likeness (QED) is 0.383. The van der Waals surface area contributed by atoms with E-state index in [-0.39, 0.29) is 40.0 Å². The van der Waals surface area contributed by atoms with E-state index in [2.05, 4.69) is 20.9 Å². The van der Waals surface area contributed by atoms with E-state index in [1.54, 1.807) is 6.07 Å². The zero-order chi connectivity index (χ0) is 20.8. The van der Waals surface area contributed by atoms with Crippen molar-refractivity contribution in [3.63, 3.8) is 0 Å². The fourth-order valence-electron chi connectivity index (χ4n) is 2.23. The Morgan fingerprint density at radius 2 is 2.00 bits per heavy atom. The first-order valence-electron chi connectivity index (χ1n) is 7.98. The third kappa shape index (κ3) is 5.48. The molecule has 0 bridgehead atoms. The fraction of sp³-hybridized carbons (Fsp3) is 0.250. The molecule has 4 N–H and O–H groups in total. The van der Waals surface area contributed by atoms with E-state index in [4.69, 9.17) is 5.11 Å². The van der Waals surface area contributed by atoms with Gasteiger partial charge in [0.25, 0.3) is 5.91 Å². The van der Waals surface area contributed by atoms with Crippen molar-refractivity contribution in [1.82, 2.24) is 4.98 Å². The summed E-state index contributed by atoms with van der Waals surface area (Å²) < 4.78 is 0. The van der Waals surface area contributed by atoms with Gasteiger partial charge in [-0.3, -0.25) is 29.8 Å². The number of hydrogen-bond acceptors (Lipinski definition) is 8. The summed E-state index contributed by atoms with van der Waals surface area (Å²) in [5.41, 5.74) is 1.02. The minimum Gasteiger partial charge on any atom is -0.481 e. The average molecular weight is 407 g/mol. The molecule has 0 aliphatic carbocycles. The van der Waals surface area contributed by atoms with Crippen molar-refractivity contribution in [3.8, 4) is 0 Å². The number of thiazole rings is 1. The highest BCUT2D eigenvalue weighted by molar-refractivity contribution is 7.19. The molecular weight excluding hydrogens is 390 g/mol. The summed E-state index contributed by atoms with van der Waals surface area (Å²) in [7, 11) is 0. The van der Waals surface area contributed by atoms with Crippen LogP contribution in [0.3, 0.4) is 0 Å². The van der Waals surface area contributed by atoms with Crippen molar-refractivity contribution in [2.75, 3.05) is 22.5 Å². The van der Waals surface area contributed by atoms with E-state index in [9.17, 15) is 24.5 Å². The highest BCUT2D eigenvalue weighted by Crippen LogP contribution is 2.30. The van der Waals surface area contributed by atoms with Crippen LogP contribution >= 0.6 is 11.3 Å². The topological polar surface area (TPSA) is 164 Å². The number of carbonyl (C=O) groups is 3. The molecule has 0 spiro atoms. The van der Waals surface area contributed by atoms with E-state index < -0.39 is 22.7 Å². The number of amides is 2. The summed E-state index contributed by atoms with van der Waals surface area (Å²) in [4.78, 5) is 48.9. The van der Waals surface area contributed by atoms with E-state index in [1.807, 2.05) is 0 Å². The van der Waals surface area contributed by atoms with Crippen LogP contribution in [0, 0.1) is 17.0 Å². The zero-order valence-corrected chi connectivity index (χ0v) is 15.8. The first-order chi connectivity index (χ1) is 13.2. The molecule has 2 rings (SSSR count). The van der Waals surface area contributed by atoms with Gasteiger partial charge in [0, 0.05) is 19.2 Å². The molecule has 0 saturated heterocycles. The summed E-state index contributed by atoms with van der Waals surface area (Å²) in [6.07, 6.45) is -0.0973. The second-order valence-corrected chi connectivity index (χ2v) is 6.61. The van der Waals surface area contributed by atoms with Crippen molar-refractivity contribution in [2.45, 2.75) is 20.3 Å². The number of aliphatic carboxylic acids is 1. The van der Waals surface area contributed by atoms with Crippen LogP contribution in [-0.2, 0) is 9.59 Å². The molecule has 0 atom stereocenters. The van der Waals surface area contributed by atoms with Crippen LogP contribution in [-0.4, -0.2) is 39.3 Å². The Morgan fingerprint density at radius 1 is 1.29 bits per heavy atom. The van der Waals surface area contributed by atoms with Crippen molar-refractivity contribution in [2.24, 2.45) is 0 Å². The number of nitrogens with one attached hydrogen (secondary N) is 3. The van der Waals surface area contributed by atoms with E-state index in [1.165, 1.54) is 26.0 Å². The number of carboxylic acids is 1. The van der Waals surface area contributed by atoms with Gasteiger partial charge in [-0.1, -0.05) is 0 Å². The van der Waals surface area contributed by atoms with Crippen LogP contribution in [0.5, 0.6) is 0 Å². The van der Waals surface area contributed by atoms with E-state index >= 15 is 0 Å². The number of nitrogens with zero attached hydrogens (tertiary/aromatic N) is 2. The fourth-order valence-corrected chi connectivity index (χ4v) is 3.01. The molecule has 0 aliphatic heterocycles. The number of rotatable bonds is 8. The molecule has 0 aliphatic rings. The summed E-state index contributed by atoms with van der Waals surface area (Å²) in [6, 6.07) is 4.49. The van der Waals surface area contributed by atoms with Crippen LogP contribution in [0.1, 0.15) is 29.4 Å². The van der Waals surface area contributed by atoms with Gasteiger partial charge in [-0.05, 0) is 36.5 Å². The Hall–Kier alpha value is -3.54. The van der Waals surface area contributed by atoms with E-state index in [0.29, 0.717) is 5.69 Å². The number of hydrogen-bond donors (Lipinski definition) is 4. The maximum atomic E-state index is 12.6. The predicted molar refractivity (Wildman–Crippen MR) is 103 cm³/mol. The molecule has 0 saturated carbocycles. The second-order valence-electron chi connectivity index (χ2n) is 5.63. The number of aryl methyl sites for hydroxylation is 1. The molecule has 1 aromatic heterocycles. The monoisotopic (exact) mass is 407 g/mol. The average Bonchev–Trinajstić information content (AvgIpc) is 2.94. The molecule has 28 heavy (non-hydrogen) atoms. The summed E-state index contributed by atoms with van der Waals surface area (Å²) >= 11 is 0.730. The second kappa shape index (κ2) is 8.90. The summed E-state index contributed by atoms with van der Waals surface area (Å²) in [5.74, 6) is -1.97. The molecule has 1 aromatic carbocycles. The third-order valence-electron chi connectivity index (χ3n) is 3.40. The molecule has 1 heterocycles. The SMILES string of the molecule is CC(=O)Nc1cc(NCCC(=O)O)ccc1C(=O)Nc1nc(C)c([N+](=O)[O-])s1. The van der Waals surface area contributed by atoms with Crippen LogP contribution in [0.4, 0.5) is 21.5 Å². The zero-order valence-electron chi connectivity index (χ0n) is 14.9. The molecule has 0 fully saturated rings. The van der Waals surface area contributed by atoms with Gasteiger partial charge in [-0.2, -0.15) is 0 Å². The molecule has 0 unspecified atom stereocenters. The van der Waals surface area contributed by atoms with Crippen molar-refractivity contribution >= 4 is 50.6 Å². The van der Waals surface area contributed by atoms with Gasteiger partial charge >= 0.3 is 11.0 Å². The standard InChI is InChI=1S/C16H17N5O6S/c1-8-15(21(26)27)28-16(18-8)20-14(25)11-4-3-10(17-6-5-13(23)24)7-12(11)19-9(2)22/h3-4,7,17H,5-6H2,1-2H3,(H,19,22)(H,23,24)(H,18,20,25). The van der Waals surface area contributed by atoms with Crippen LogP contribution in [0.15, 0.2) is 18.2 Å². The molecular formula is C16H17N5O6S. The lowest BCUT2D eigenvalue weighted by Crippen LogP contribution is -2.17. The first kappa shape index (κ1) is 20.8. The molecule has 148 valence electrons. The maximum Gasteiger partial charge on any atom is 0.348 e. The number of benzene rings is 1. The van der Waals surface area contributed by atoms with Gasteiger partial charge in [0.05, 0.1) is 22.6 Å². The molecule has 2 aromatic rings. The largest absolute Gasteiger partial charge is 0.481 e. The number of nitro groups is 1. The number of carboxylic acid groups (broad SMARTS) is 1. The van der Waals surface area contributed by atoms with Crippen molar-refractivity contribution in [1.29, 1.82) is 0 Å². The lowest BCUT2D eigenvalue weighted by atomic mass is 10.1. The van der Waals surface area contributed by atoms with Gasteiger partial charge in [0.2, 0.25) is 5.91 Å². The number of anilines is 3. The first-order valence-corrected chi connectivity index (χ1v) is 8.79. The molecule has 11 nitrogen and oxygen atoms in total. The van der Waals surface area contributed by atoms with Crippen LogP contribution in [0.25, 0.3) is 0 Å². The Morgan fingerprint density at radius 3 is 2.57 bits per heavy atom. The lowest BCUT2D eigenvalue weighted by molar-refractivity contribution is -0.380. The summed E-state index contributed by atoms with van der Waals surface area (Å²) in [5, 5.41) is 27.4. The number of aromatic nitrogens is 1. The van der Waals surface area contributed by atoms with Gasteiger partial charge in [-0.15, -0.1) is 0 Å². The molecule has 12 heteroatoms. The van der Waals surface area contributed by atoms with Crippen molar-refractivity contribution in [3.05, 3.63) is 39.6 Å². The van der Waals surface area contributed by atoms with Crippen LogP contribution < -0.4 is 16.0 Å². The third-order valence-corrected chi connectivity index (χ3v) is 4.43. The minimum absolute atomic E-state index is 0.0617.